The number of alkyl halides is 3. The Morgan fingerprint density at radius 3 is 2.57 bits per heavy atom. The Morgan fingerprint density at radius 2 is 1.90 bits per heavy atom. The number of aromatic nitrogens is 1. The maximum Gasteiger partial charge on any atom is 0.390 e. The monoisotopic (exact) mass is 319 g/mol. The van der Waals surface area contributed by atoms with Gasteiger partial charge in [-0.25, -0.2) is 18.1 Å². The van der Waals surface area contributed by atoms with Crippen LogP contribution in [0.2, 0.25) is 0 Å². The zero-order valence-electron chi connectivity index (χ0n) is 10.7. The highest BCUT2D eigenvalue weighted by atomic mass is 32.2. The number of halogens is 3. The minimum Gasteiger partial charge on any atom is -0.384 e. The van der Waals surface area contributed by atoms with Crippen molar-refractivity contribution in [1.29, 1.82) is 0 Å². The van der Waals surface area contributed by atoms with Crippen LogP contribution in [-0.2, 0) is 10.0 Å². The number of fused-ring (bicyclic) bond motifs is 1. The number of sulfonamides is 1. The fourth-order valence-corrected chi connectivity index (χ4v) is 2.76. The van der Waals surface area contributed by atoms with Gasteiger partial charge in [-0.2, -0.15) is 13.2 Å². The Balaban J connectivity index is 2.22. The van der Waals surface area contributed by atoms with Gasteiger partial charge < -0.3 is 5.73 Å². The summed E-state index contributed by atoms with van der Waals surface area (Å²) in [5.74, 6) is 0.293. The quantitative estimate of drug-likeness (QED) is 0.903. The third-order valence-electron chi connectivity index (χ3n) is 2.69. The number of rotatable bonds is 4. The topological polar surface area (TPSA) is 85.1 Å². The molecule has 114 valence electrons. The molecular weight excluding hydrogens is 307 g/mol. The first kappa shape index (κ1) is 15.5. The number of benzene rings is 1. The minimum absolute atomic E-state index is 0.122. The Morgan fingerprint density at radius 1 is 1.19 bits per heavy atom. The molecule has 2 aromatic rings. The van der Waals surface area contributed by atoms with Crippen LogP contribution in [0.5, 0.6) is 0 Å². The van der Waals surface area contributed by atoms with Gasteiger partial charge in [-0.3, -0.25) is 0 Å². The highest BCUT2D eigenvalue weighted by Crippen LogP contribution is 2.21. The van der Waals surface area contributed by atoms with E-state index in [1.165, 1.54) is 24.3 Å². The second kappa shape index (κ2) is 5.49. The molecule has 0 bridgehead atoms. The first-order valence-corrected chi connectivity index (χ1v) is 7.38. The van der Waals surface area contributed by atoms with Gasteiger partial charge in [0.1, 0.15) is 5.82 Å². The van der Waals surface area contributed by atoms with E-state index in [2.05, 4.69) is 4.98 Å². The van der Waals surface area contributed by atoms with Gasteiger partial charge in [0.05, 0.1) is 16.8 Å². The van der Waals surface area contributed by atoms with Crippen LogP contribution in [0.3, 0.4) is 0 Å². The van der Waals surface area contributed by atoms with Crippen molar-refractivity contribution in [3.8, 4) is 0 Å². The lowest BCUT2D eigenvalue weighted by Gasteiger charge is -2.09. The number of pyridine rings is 1. The van der Waals surface area contributed by atoms with Gasteiger partial charge in [0, 0.05) is 11.9 Å². The molecule has 0 spiro atoms. The summed E-state index contributed by atoms with van der Waals surface area (Å²) in [6.45, 7) is -0.705. The van der Waals surface area contributed by atoms with Crippen molar-refractivity contribution in [3.05, 3.63) is 30.3 Å². The van der Waals surface area contributed by atoms with Crippen molar-refractivity contribution < 1.29 is 21.6 Å². The largest absolute Gasteiger partial charge is 0.390 e. The standard InChI is InChI=1S/C12H12F3N3O2S/c13-12(14,15)5-6-17-21(19,20)9-2-3-10-8(7-9)1-4-11(16)18-10/h1-4,7,17H,5-6H2,(H2,16,18). The minimum atomic E-state index is -4.41. The van der Waals surface area contributed by atoms with Crippen molar-refractivity contribution in [2.24, 2.45) is 0 Å². The summed E-state index contributed by atoms with van der Waals surface area (Å²) in [5, 5.41) is 0.530. The lowest BCUT2D eigenvalue weighted by Crippen LogP contribution is -2.28. The third kappa shape index (κ3) is 4.05. The van der Waals surface area contributed by atoms with Gasteiger partial charge in [0.15, 0.2) is 0 Å². The zero-order valence-corrected chi connectivity index (χ0v) is 11.5. The van der Waals surface area contributed by atoms with E-state index < -0.39 is 29.2 Å². The van der Waals surface area contributed by atoms with E-state index in [1.54, 1.807) is 6.07 Å². The summed E-state index contributed by atoms with van der Waals surface area (Å²) in [6, 6.07) is 7.15. The summed E-state index contributed by atoms with van der Waals surface area (Å²) >= 11 is 0. The Kier molecular flexibility index (Phi) is 4.06. The fraction of sp³-hybridized carbons (Fsp3) is 0.250. The van der Waals surface area contributed by atoms with Crippen LogP contribution in [0.15, 0.2) is 35.2 Å². The molecule has 0 amide bonds. The molecule has 0 saturated carbocycles. The maximum atomic E-state index is 12.0. The summed E-state index contributed by atoms with van der Waals surface area (Å²) < 4.78 is 61.8. The van der Waals surface area contributed by atoms with Gasteiger partial charge in [0.25, 0.3) is 0 Å². The number of nitrogens with zero attached hydrogens (tertiary/aromatic N) is 1. The molecule has 0 saturated heterocycles. The Hall–Kier alpha value is -1.87. The SMILES string of the molecule is Nc1ccc2cc(S(=O)(=O)NCCC(F)(F)F)ccc2n1. The molecule has 1 heterocycles. The van der Waals surface area contributed by atoms with Crippen LogP contribution in [0, 0.1) is 0 Å². The smallest absolute Gasteiger partial charge is 0.384 e. The predicted molar refractivity (Wildman–Crippen MR) is 72.0 cm³/mol. The summed E-state index contributed by atoms with van der Waals surface area (Å²) in [5.41, 5.74) is 6.01. The number of anilines is 1. The van der Waals surface area contributed by atoms with Crippen molar-refractivity contribution in [3.63, 3.8) is 0 Å². The average molecular weight is 319 g/mol. The van der Waals surface area contributed by atoms with Gasteiger partial charge >= 0.3 is 6.18 Å². The van der Waals surface area contributed by atoms with Crippen molar-refractivity contribution in [2.75, 3.05) is 12.3 Å². The summed E-state index contributed by atoms with van der Waals surface area (Å²) in [7, 11) is -3.99. The van der Waals surface area contributed by atoms with E-state index in [4.69, 9.17) is 5.73 Å². The summed E-state index contributed by atoms with van der Waals surface area (Å²) in [6.07, 6.45) is -5.63. The van der Waals surface area contributed by atoms with Crippen LogP contribution < -0.4 is 10.5 Å². The molecule has 2 rings (SSSR count). The highest BCUT2D eigenvalue weighted by molar-refractivity contribution is 7.89. The molecule has 5 nitrogen and oxygen atoms in total. The second-order valence-electron chi connectivity index (χ2n) is 4.35. The molecule has 9 heteroatoms. The molecule has 0 aliphatic heterocycles. The van der Waals surface area contributed by atoms with Crippen LogP contribution >= 0.6 is 0 Å². The first-order chi connectivity index (χ1) is 9.67. The third-order valence-corrected chi connectivity index (χ3v) is 4.15. The maximum absolute atomic E-state index is 12.0. The van der Waals surface area contributed by atoms with E-state index in [0.29, 0.717) is 16.7 Å². The number of hydrogen-bond donors (Lipinski definition) is 2. The second-order valence-corrected chi connectivity index (χ2v) is 6.12. The molecule has 0 radical (unpaired) electrons. The first-order valence-electron chi connectivity index (χ1n) is 5.90. The van der Waals surface area contributed by atoms with E-state index >= 15 is 0 Å². The zero-order chi connectivity index (χ0) is 15.7. The molecule has 0 fully saturated rings. The average Bonchev–Trinajstić information content (AvgIpc) is 2.36. The molecule has 1 aromatic carbocycles. The van der Waals surface area contributed by atoms with Gasteiger partial charge in [-0.1, -0.05) is 0 Å². The van der Waals surface area contributed by atoms with Crippen molar-refractivity contribution in [1.82, 2.24) is 9.71 Å². The molecule has 3 N–H and O–H groups in total. The highest BCUT2D eigenvalue weighted by Gasteiger charge is 2.27. The number of hydrogen-bond acceptors (Lipinski definition) is 4. The van der Waals surface area contributed by atoms with Crippen molar-refractivity contribution in [2.45, 2.75) is 17.5 Å². The molecule has 0 atom stereocenters. The predicted octanol–water partition coefficient (Wildman–Crippen LogP) is 2.05. The van der Waals surface area contributed by atoms with E-state index in [-0.39, 0.29) is 4.90 Å². The van der Waals surface area contributed by atoms with Crippen LogP contribution in [0.4, 0.5) is 19.0 Å². The van der Waals surface area contributed by atoms with Gasteiger partial charge in [-0.05, 0) is 30.3 Å². The lowest BCUT2D eigenvalue weighted by molar-refractivity contribution is -0.132. The van der Waals surface area contributed by atoms with E-state index in [0.717, 1.165) is 0 Å². The Labute approximate surface area is 119 Å². The van der Waals surface area contributed by atoms with Crippen LogP contribution in [0.1, 0.15) is 6.42 Å². The Bertz CT molecular complexity index is 760. The number of nitrogens with one attached hydrogen (secondary N) is 1. The number of nitrogen functional groups attached to an aromatic ring is 1. The lowest BCUT2D eigenvalue weighted by atomic mass is 10.2. The van der Waals surface area contributed by atoms with Crippen molar-refractivity contribution >= 4 is 26.7 Å². The summed E-state index contributed by atoms with van der Waals surface area (Å²) in [4.78, 5) is 3.89. The van der Waals surface area contributed by atoms with Gasteiger partial charge in [0.2, 0.25) is 10.0 Å². The number of nitrogens with two attached hydrogens (primary N) is 1. The molecule has 21 heavy (non-hydrogen) atoms. The molecular formula is C12H12F3N3O2S. The molecule has 0 aliphatic carbocycles. The van der Waals surface area contributed by atoms with E-state index in [1.807, 2.05) is 4.72 Å². The normalized spacial score (nSPS) is 12.7. The fourth-order valence-electron chi connectivity index (χ4n) is 1.70. The molecule has 0 aliphatic rings. The molecule has 0 unspecified atom stereocenters. The van der Waals surface area contributed by atoms with Crippen LogP contribution in [-0.4, -0.2) is 26.1 Å². The van der Waals surface area contributed by atoms with Gasteiger partial charge in [-0.15, -0.1) is 0 Å². The molecule has 1 aromatic heterocycles. The van der Waals surface area contributed by atoms with Crippen LogP contribution in [0.25, 0.3) is 10.9 Å². The van der Waals surface area contributed by atoms with E-state index in [9.17, 15) is 21.6 Å².